The number of nitrogens with zero attached hydrogens (tertiary/aromatic N) is 1. The fourth-order valence-electron chi connectivity index (χ4n) is 3.44. The summed E-state index contributed by atoms with van der Waals surface area (Å²) < 4.78 is 0. The second-order valence-corrected chi connectivity index (χ2v) is 9.48. The Morgan fingerprint density at radius 3 is 2.27 bits per heavy atom. The van der Waals surface area contributed by atoms with Crippen LogP contribution in [0.4, 0.5) is 17.1 Å². The Labute approximate surface area is 184 Å². The number of para-hydroxylation sites is 2. The molecule has 0 unspecified atom stereocenters. The van der Waals surface area contributed by atoms with Gasteiger partial charge in [0.2, 0.25) is 11.8 Å². The maximum Gasteiger partial charge on any atom is 0.241 e. The van der Waals surface area contributed by atoms with Crippen molar-refractivity contribution in [2.24, 2.45) is 5.92 Å². The number of carbonyl (C=O) groups excluding carboxylic acids is 2. The van der Waals surface area contributed by atoms with Gasteiger partial charge in [-0.2, -0.15) is 0 Å². The van der Waals surface area contributed by atoms with Crippen LogP contribution in [-0.4, -0.2) is 17.6 Å². The molecule has 5 rings (SSSR count). The van der Waals surface area contributed by atoms with Crippen molar-refractivity contribution in [3.8, 4) is 0 Å². The molecule has 0 radical (unpaired) electrons. The number of thioether (sulfide) groups is 1. The standard InChI is InChI=1S/C24H20N2O2S2/c27-23(15-29-18-7-5-6-17(14-18)25-24(28)16-12-13-16)26-19-8-1-3-10-21(19)30-22-11-4-2-9-20(22)26/h1-11,14,16H,12-13,15H2,(H,25,28). The summed E-state index contributed by atoms with van der Waals surface area (Å²) in [5.41, 5.74) is 2.64. The lowest BCUT2D eigenvalue weighted by molar-refractivity contribution is -0.117. The van der Waals surface area contributed by atoms with Crippen molar-refractivity contribution in [2.45, 2.75) is 27.5 Å². The Morgan fingerprint density at radius 1 is 0.933 bits per heavy atom. The molecule has 0 bridgehead atoms. The predicted molar refractivity (Wildman–Crippen MR) is 123 cm³/mol. The SMILES string of the molecule is O=C(Nc1cccc(SCC(=O)N2c3ccccc3Sc3ccccc32)c1)C1CC1. The van der Waals surface area contributed by atoms with E-state index in [-0.39, 0.29) is 17.7 Å². The van der Waals surface area contributed by atoms with Crippen molar-refractivity contribution in [2.75, 3.05) is 16.0 Å². The van der Waals surface area contributed by atoms with Gasteiger partial charge in [0.15, 0.2) is 0 Å². The van der Waals surface area contributed by atoms with Crippen LogP contribution in [0.2, 0.25) is 0 Å². The highest BCUT2D eigenvalue weighted by atomic mass is 32.2. The summed E-state index contributed by atoms with van der Waals surface area (Å²) in [6, 6.07) is 23.7. The summed E-state index contributed by atoms with van der Waals surface area (Å²) >= 11 is 3.18. The van der Waals surface area contributed by atoms with Gasteiger partial charge in [0.1, 0.15) is 0 Å². The average molecular weight is 433 g/mol. The maximum atomic E-state index is 13.3. The van der Waals surface area contributed by atoms with Crippen LogP contribution in [-0.2, 0) is 9.59 Å². The van der Waals surface area contributed by atoms with Gasteiger partial charge in [0.25, 0.3) is 0 Å². The van der Waals surface area contributed by atoms with Crippen molar-refractivity contribution in [3.63, 3.8) is 0 Å². The van der Waals surface area contributed by atoms with Gasteiger partial charge in [-0.3, -0.25) is 14.5 Å². The molecular weight excluding hydrogens is 412 g/mol. The van der Waals surface area contributed by atoms with E-state index in [1.54, 1.807) is 11.8 Å². The van der Waals surface area contributed by atoms with Crippen LogP contribution < -0.4 is 10.2 Å². The van der Waals surface area contributed by atoms with Crippen LogP contribution in [0, 0.1) is 5.92 Å². The normalized spacial score (nSPS) is 14.6. The lowest BCUT2D eigenvalue weighted by Crippen LogP contribution is -2.29. The van der Waals surface area contributed by atoms with Gasteiger partial charge in [-0.05, 0) is 55.3 Å². The van der Waals surface area contributed by atoms with E-state index < -0.39 is 0 Å². The number of anilines is 3. The molecular formula is C24H20N2O2S2. The molecule has 150 valence electrons. The van der Waals surface area contributed by atoms with Crippen molar-refractivity contribution in [1.29, 1.82) is 0 Å². The van der Waals surface area contributed by atoms with Gasteiger partial charge in [0.05, 0.1) is 17.1 Å². The molecule has 30 heavy (non-hydrogen) atoms. The van der Waals surface area contributed by atoms with Gasteiger partial charge in [0, 0.05) is 26.3 Å². The zero-order chi connectivity index (χ0) is 20.5. The first-order chi connectivity index (χ1) is 14.7. The van der Waals surface area contributed by atoms with Gasteiger partial charge in [-0.25, -0.2) is 0 Å². The third-order valence-electron chi connectivity index (χ3n) is 5.09. The lowest BCUT2D eigenvalue weighted by atomic mass is 10.2. The largest absolute Gasteiger partial charge is 0.326 e. The second-order valence-electron chi connectivity index (χ2n) is 7.35. The third kappa shape index (κ3) is 3.98. The van der Waals surface area contributed by atoms with E-state index in [4.69, 9.17) is 0 Å². The average Bonchev–Trinajstić information content (AvgIpc) is 3.62. The highest BCUT2D eigenvalue weighted by Crippen LogP contribution is 2.48. The summed E-state index contributed by atoms with van der Waals surface area (Å²) in [6.07, 6.45) is 1.96. The summed E-state index contributed by atoms with van der Waals surface area (Å²) in [5.74, 6) is 0.604. The first-order valence-electron chi connectivity index (χ1n) is 9.91. The highest BCUT2D eigenvalue weighted by Gasteiger charge is 2.30. The summed E-state index contributed by atoms with van der Waals surface area (Å²) in [4.78, 5) is 30.2. The minimum atomic E-state index is 0.0348. The number of carbonyl (C=O) groups is 2. The monoisotopic (exact) mass is 432 g/mol. The van der Waals surface area contributed by atoms with E-state index in [2.05, 4.69) is 17.4 Å². The summed E-state index contributed by atoms with van der Waals surface area (Å²) in [7, 11) is 0. The number of rotatable bonds is 5. The summed E-state index contributed by atoms with van der Waals surface area (Å²) in [5, 5.41) is 2.97. The van der Waals surface area contributed by atoms with E-state index in [0.29, 0.717) is 5.75 Å². The van der Waals surface area contributed by atoms with Crippen LogP contribution in [0.25, 0.3) is 0 Å². The molecule has 4 nitrogen and oxygen atoms in total. The molecule has 0 aromatic heterocycles. The molecule has 2 amide bonds. The molecule has 3 aromatic carbocycles. The number of amides is 2. The molecule has 0 saturated heterocycles. The fraction of sp³-hybridized carbons (Fsp3) is 0.167. The molecule has 1 saturated carbocycles. The van der Waals surface area contributed by atoms with Crippen LogP contribution >= 0.6 is 23.5 Å². The van der Waals surface area contributed by atoms with E-state index in [1.807, 2.05) is 65.6 Å². The number of hydrogen-bond donors (Lipinski definition) is 1. The Morgan fingerprint density at radius 2 is 1.60 bits per heavy atom. The third-order valence-corrected chi connectivity index (χ3v) is 7.20. The van der Waals surface area contributed by atoms with Crippen molar-refractivity contribution in [1.82, 2.24) is 0 Å². The minimum Gasteiger partial charge on any atom is -0.326 e. The zero-order valence-corrected chi connectivity index (χ0v) is 17.8. The molecule has 1 N–H and O–H groups in total. The first-order valence-corrected chi connectivity index (χ1v) is 11.7. The molecule has 2 aliphatic rings. The molecule has 6 heteroatoms. The van der Waals surface area contributed by atoms with Crippen molar-refractivity contribution >= 4 is 52.4 Å². The number of nitrogens with one attached hydrogen (secondary N) is 1. The zero-order valence-electron chi connectivity index (χ0n) is 16.2. The van der Waals surface area contributed by atoms with Crippen molar-refractivity contribution in [3.05, 3.63) is 72.8 Å². The maximum absolute atomic E-state index is 13.3. The number of fused-ring (bicyclic) bond motifs is 2. The first kappa shape index (κ1) is 19.3. The van der Waals surface area contributed by atoms with E-state index in [0.717, 1.165) is 44.6 Å². The molecule has 1 aliphatic carbocycles. The van der Waals surface area contributed by atoms with E-state index in [9.17, 15) is 9.59 Å². The number of hydrogen-bond acceptors (Lipinski definition) is 4. The molecule has 1 aliphatic heterocycles. The predicted octanol–water partition coefficient (Wildman–Crippen LogP) is 5.96. The summed E-state index contributed by atoms with van der Waals surface area (Å²) in [6.45, 7) is 0. The topological polar surface area (TPSA) is 49.4 Å². The molecule has 3 aromatic rings. The second kappa shape index (κ2) is 8.20. The van der Waals surface area contributed by atoms with Gasteiger partial charge in [-0.1, -0.05) is 42.1 Å². The van der Waals surface area contributed by atoms with Gasteiger partial charge in [-0.15, -0.1) is 11.8 Å². The molecule has 0 spiro atoms. The Bertz CT molecular complexity index is 1080. The molecule has 1 fully saturated rings. The minimum absolute atomic E-state index is 0.0348. The Kier molecular flexibility index (Phi) is 5.27. The van der Waals surface area contributed by atoms with Crippen LogP contribution in [0.5, 0.6) is 0 Å². The highest BCUT2D eigenvalue weighted by molar-refractivity contribution is 8.00. The molecule has 1 heterocycles. The quantitative estimate of drug-likeness (QED) is 0.506. The van der Waals surface area contributed by atoms with Crippen LogP contribution in [0.1, 0.15) is 12.8 Å². The Balaban J connectivity index is 1.33. The van der Waals surface area contributed by atoms with Gasteiger partial charge >= 0.3 is 0 Å². The smallest absolute Gasteiger partial charge is 0.241 e. The fourth-order valence-corrected chi connectivity index (χ4v) is 5.30. The van der Waals surface area contributed by atoms with Gasteiger partial charge < -0.3 is 5.32 Å². The van der Waals surface area contributed by atoms with E-state index in [1.165, 1.54) is 11.8 Å². The Hall–Kier alpha value is -2.70. The lowest BCUT2D eigenvalue weighted by Gasteiger charge is -2.31. The molecule has 0 atom stereocenters. The van der Waals surface area contributed by atoms with Crippen LogP contribution in [0.3, 0.4) is 0 Å². The van der Waals surface area contributed by atoms with E-state index >= 15 is 0 Å². The van der Waals surface area contributed by atoms with Crippen molar-refractivity contribution < 1.29 is 9.59 Å². The number of benzene rings is 3. The van der Waals surface area contributed by atoms with Crippen LogP contribution in [0.15, 0.2) is 87.5 Å².